The van der Waals surface area contributed by atoms with Gasteiger partial charge in [-0.05, 0) is 36.3 Å². The molecule has 1 atom stereocenters. The van der Waals surface area contributed by atoms with Crippen LogP contribution in [-0.2, 0) is 6.42 Å². The van der Waals surface area contributed by atoms with Crippen LogP contribution < -0.4 is 0 Å². The Morgan fingerprint density at radius 1 is 1.38 bits per heavy atom. The Hall–Kier alpha value is -0.300. The molecule has 70 valence electrons. The molecule has 1 aromatic rings. The Labute approximate surface area is 88.5 Å². The van der Waals surface area contributed by atoms with Crippen LogP contribution in [-0.4, -0.2) is 4.83 Å². The van der Waals surface area contributed by atoms with Gasteiger partial charge in [0.25, 0.3) is 0 Å². The van der Waals surface area contributed by atoms with E-state index in [2.05, 4.69) is 47.1 Å². The minimum Gasteiger partial charge on any atom is -0.0890 e. The maximum atomic E-state index is 3.61. The van der Waals surface area contributed by atoms with E-state index in [0.29, 0.717) is 4.83 Å². The van der Waals surface area contributed by atoms with Gasteiger partial charge >= 0.3 is 0 Å². The van der Waals surface area contributed by atoms with Crippen LogP contribution in [0.1, 0.15) is 36.8 Å². The summed E-state index contributed by atoms with van der Waals surface area (Å²) < 4.78 is 0. The van der Waals surface area contributed by atoms with Gasteiger partial charge in [-0.25, -0.2) is 0 Å². The fourth-order valence-electron chi connectivity index (χ4n) is 1.82. The third kappa shape index (κ3) is 2.34. The summed E-state index contributed by atoms with van der Waals surface area (Å²) >= 11 is 3.61. The third-order valence-corrected chi connectivity index (χ3v) is 2.90. The molecular formula is C12H15Br. The first kappa shape index (κ1) is 9.26. The van der Waals surface area contributed by atoms with Crippen molar-refractivity contribution < 1.29 is 0 Å². The Morgan fingerprint density at radius 3 is 2.69 bits per heavy atom. The molecule has 0 saturated heterocycles. The molecule has 1 aliphatic carbocycles. The molecule has 0 bridgehead atoms. The van der Waals surface area contributed by atoms with E-state index in [1.54, 1.807) is 5.56 Å². The summed E-state index contributed by atoms with van der Waals surface area (Å²) in [6, 6.07) is 8.88. The average molecular weight is 239 g/mol. The molecule has 0 radical (unpaired) electrons. The van der Waals surface area contributed by atoms with Crippen LogP contribution in [0.3, 0.4) is 0 Å². The molecule has 0 aromatic heterocycles. The average Bonchev–Trinajstić information content (AvgIpc) is 2.87. The highest BCUT2D eigenvalue weighted by Gasteiger charge is 2.25. The van der Waals surface area contributed by atoms with Gasteiger partial charge in [-0.15, -0.1) is 0 Å². The summed E-state index contributed by atoms with van der Waals surface area (Å²) in [6.45, 7) is 2.21. The van der Waals surface area contributed by atoms with Crippen molar-refractivity contribution >= 4 is 15.9 Å². The number of alkyl halides is 1. The monoisotopic (exact) mass is 238 g/mol. The number of halogens is 1. The van der Waals surface area contributed by atoms with E-state index in [0.717, 1.165) is 12.3 Å². The predicted molar refractivity (Wildman–Crippen MR) is 60.5 cm³/mol. The molecular weight excluding hydrogens is 224 g/mol. The van der Waals surface area contributed by atoms with Gasteiger partial charge in [0, 0.05) is 4.83 Å². The Kier molecular flexibility index (Phi) is 2.73. The number of benzene rings is 1. The topological polar surface area (TPSA) is 0 Å². The second kappa shape index (κ2) is 3.83. The normalized spacial score (nSPS) is 18.6. The molecule has 1 fully saturated rings. The van der Waals surface area contributed by atoms with Gasteiger partial charge in [-0.2, -0.15) is 0 Å². The lowest BCUT2D eigenvalue weighted by Crippen LogP contribution is -1.99. The maximum Gasteiger partial charge on any atom is 0.0158 e. The molecule has 0 spiro atoms. The van der Waals surface area contributed by atoms with Crippen LogP contribution >= 0.6 is 15.9 Å². The zero-order chi connectivity index (χ0) is 9.26. The molecule has 1 aliphatic rings. The molecule has 0 aliphatic heterocycles. The summed E-state index contributed by atoms with van der Waals surface area (Å²) in [5.74, 6) is 0.877. The highest BCUT2D eigenvalue weighted by atomic mass is 79.9. The minimum atomic E-state index is 0.590. The zero-order valence-corrected chi connectivity index (χ0v) is 9.55. The van der Waals surface area contributed by atoms with Gasteiger partial charge in [0.15, 0.2) is 0 Å². The molecule has 1 heteroatoms. The third-order valence-electron chi connectivity index (χ3n) is 2.57. The van der Waals surface area contributed by atoms with Crippen molar-refractivity contribution in [3.05, 3.63) is 35.4 Å². The van der Waals surface area contributed by atoms with E-state index in [9.17, 15) is 0 Å². The molecule has 0 heterocycles. The van der Waals surface area contributed by atoms with E-state index in [1.807, 2.05) is 0 Å². The van der Waals surface area contributed by atoms with Crippen molar-refractivity contribution in [3.8, 4) is 0 Å². The first-order valence-electron chi connectivity index (χ1n) is 4.99. The summed E-state index contributed by atoms with van der Waals surface area (Å²) in [4.78, 5) is 0.590. The molecule has 0 N–H and O–H groups in total. The van der Waals surface area contributed by atoms with Crippen LogP contribution in [0.25, 0.3) is 0 Å². The van der Waals surface area contributed by atoms with Gasteiger partial charge in [0.05, 0.1) is 0 Å². The van der Waals surface area contributed by atoms with E-state index in [1.165, 1.54) is 18.4 Å². The minimum absolute atomic E-state index is 0.590. The van der Waals surface area contributed by atoms with E-state index in [4.69, 9.17) is 0 Å². The lowest BCUT2D eigenvalue weighted by Gasteiger charge is -2.09. The van der Waals surface area contributed by atoms with Crippen molar-refractivity contribution in [1.82, 2.24) is 0 Å². The van der Waals surface area contributed by atoms with Gasteiger partial charge < -0.3 is 0 Å². The van der Waals surface area contributed by atoms with Crippen LogP contribution in [0, 0.1) is 0 Å². The van der Waals surface area contributed by atoms with Crippen molar-refractivity contribution in [2.75, 3.05) is 0 Å². The standard InChI is InChI=1S/C12H15Br/c1-9(13)8-11-4-2-3-5-12(11)10-6-7-10/h2-5,9-10H,6-8H2,1H3. The number of hydrogen-bond donors (Lipinski definition) is 0. The Balaban J connectivity index is 2.21. The summed E-state index contributed by atoms with van der Waals surface area (Å²) in [7, 11) is 0. The van der Waals surface area contributed by atoms with Crippen molar-refractivity contribution in [1.29, 1.82) is 0 Å². The van der Waals surface area contributed by atoms with Gasteiger partial charge in [0.2, 0.25) is 0 Å². The van der Waals surface area contributed by atoms with E-state index < -0.39 is 0 Å². The zero-order valence-electron chi connectivity index (χ0n) is 7.96. The second-order valence-corrected chi connectivity index (χ2v) is 5.52. The predicted octanol–water partition coefficient (Wildman–Crippen LogP) is 3.89. The van der Waals surface area contributed by atoms with Crippen molar-refractivity contribution in [2.45, 2.75) is 36.9 Å². The SMILES string of the molecule is CC(Br)Cc1ccccc1C1CC1. The van der Waals surface area contributed by atoms with Gasteiger partial charge in [-0.1, -0.05) is 47.1 Å². The van der Waals surface area contributed by atoms with Crippen LogP contribution in [0.4, 0.5) is 0 Å². The lowest BCUT2D eigenvalue weighted by molar-refractivity contribution is 0.927. The Morgan fingerprint density at radius 2 is 2.08 bits per heavy atom. The van der Waals surface area contributed by atoms with Gasteiger partial charge in [0.1, 0.15) is 0 Å². The molecule has 1 saturated carbocycles. The second-order valence-electron chi connectivity index (χ2n) is 3.96. The smallest absolute Gasteiger partial charge is 0.0158 e. The summed E-state index contributed by atoms with van der Waals surface area (Å²) in [5, 5.41) is 0. The fourth-order valence-corrected chi connectivity index (χ4v) is 2.16. The molecule has 0 amide bonds. The maximum absolute atomic E-state index is 3.61. The highest BCUT2D eigenvalue weighted by Crippen LogP contribution is 2.41. The lowest BCUT2D eigenvalue weighted by atomic mass is 10.00. The molecule has 2 rings (SSSR count). The fraction of sp³-hybridized carbons (Fsp3) is 0.500. The highest BCUT2D eigenvalue weighted by molar-refractivity contribution is 9.09. The first-order chi connectivity index (χ1) is 6.27. The molecule has 1 unspecified atom stereocenters. The molecule has 13 heavy (non-hydrogen) atoms. The van der Waals surface area contributed by atoms with E-state index >= 15 is 0 Å². The van der Waals surface area contributed by atoms with Crippen molar-refractivity contribution in [2.24, 2.45) is 0 Å². The number of rotatable bonds is 3. The molecule has 0 nitrogen and oxygen atoms in total. The largest absolute Gasteiger partial charge is 0.0890 e. The van der Waals surface area contributed by atoms with Crippen LogP contribution in [0.15, 0.2) is 24.3 Å². The summed E-state index contributed by atoms with van der Waals surface area (Å²) in [6.07, 6.45) is 3.95. The quantitative estimate of drug-likeness (QED) is 0.702. The molecule has 1 aromatic carbocycles. The first-order valence-corrected chi connectivity index (χ1v) is 5.91. The van der Waals surface area contributed by atoms with Crippen molar-refractivity contribution in [3.63, 3.8) is 0 Å². The van der Waals surface area contributed by atoms with Gasteiger partial charge in [-0.3, -0.25) is 0 Å². The Bertz CT molecular complexity index is 287. The number of hydrogen-bond acceptors (Lipinski definition) is 0. The summed E-state index contributed by atoms with van der Waals surface area (Å²) in [5.41, 5.74) is 3.13. The van der Waals surface area contributed by atoms with Crippen LogP contribution in [0.5, 0.6) is 0 Å². The van der Waals surface area contributed by atoms with Crippen LogP contribution in [0.2, 0.25) is 0 Å². The van der Waals surface area contributed by atoms with E-state index in [-0.39, 0.29) is 0 Å².